The number of carbonyl (C=O) groups excluding carboxylic acids is 2. The van der Waals surface area contributed by atoms with E-state index in [4.69, 9.17) is 0 Å². The first-order valence-corrected chi connectivity index (χ1v) is 8.33. The molecular weight excluding hydrogens is 356 g/mol. The van der Waals surface area contributed by atoms with Crippen LogP contribution in [0.15, 0.2) is 20.1 Å². The monoisotopic (exact) mass is 366 g/mol. The van der Waals surface area contributed by atoms with Crippen LogP contribution in [-0.4, -0.2) is 36.6 Å². The number of piperazine rings is 1. The first-order valence-electron chi connectivity index (χ1n) is 5.28. The first kappa shape index (κ1) is 14.6. The maximum atomic E-state index is 12.5. The summed E-state index contributed by atoms with van der Waals surface area (Å²) in [5, 5.41) is 2.14. The molecule has 104 valence electrons. The summed E-state index contributed by atoms with van der Waals surface area (Å²) in [6.45, 7) is 2.57. The Hall–Kier alpha value is -0.770. The minimum atomic E-state index is -3.87. The van der Waals surface area contributed by atoms with Gasteiger partial charge in [-0.3, -0.25) is 14.9 Å². The Kier molecular flexibility index (Phi) is 3.58. The summed E-state index contributed by atoms with van der Waals surface area (Å²) in [5.41, 5.74) is -1.30. The van der Waals surface area contributed by atoms with Crippen molar-refractivity contribution >= 4 is 49.1 Å². The molecule has 1 aromatic rings. The molecule has 2 heterocycles. The van der Waals surface area contributed by atoms with E-state index in [0.29, 0.717) is 3.79 Å². The molecule has 1 aliphatic heterocycles. The lowest BCUT2D eigenvalue weighted by atomic mass is 10.0. The van der Waals surface area contributed by atoms with Gasteiger partial charge in [0, 0.05) is 0 Å². The molecule has 0 spiro atoms. The molecule has 0 bridgehead atoms. The molecule has 0 aromatic carbocycles. The molecule has 0 saturated carbocycles. The lowest BCUT2D eigenvalue weighted by Crippen LogP contribution is -2.65. The fraction of sp³-hybridized carbons (Fsp3) is 0.400. The SMILES string of the molecule is CC1(C)C(=O)NC(=O)CN1S(=O)(=O)c1ccc(Br)s1. The van der Waals surface area contributed by atoms with Crippen LogP contribution in [0.1, 0.15) is 13.8 Å². The first-order chi connectivity index (χ1) is 8.65. The van der Waals surface area contributed by atoms with Crippen LogP contribution in [0, 0.1) is 0 Å². The fourth-order valence-corrected chi connectivity index (χ4v) is 5.52. The second-order valence-electron chi connectivity index (χ2n) is 4.51. The Bertz CT molecular complexity index is 650. The minimum Gasteiger partial charge on any atom is -0.294 e. The molecule has 0 atom stereocenters. The average Bonchev–Trinajstić information content (AvgIpc) is 2.71. The molecule has 0 unspecified atom stereocenters. The van der Waals surface area contributed by atoms with E-state index >= 15 is 0 Å². The van der Waals surface area contributed by atoms with Crippen molar-refractivity contribution in [3.63, 3.8) is 0 Å². The van der Waals surface area contributed by atoms with Crippen molar-refractivity contribution in [2.24, 2.45) is 0 Å². The molecule has 1 saturated heterocycles. The number of carbonyl (C=O) groups is 2. The highest BCUT2D eigenvalue weighted by atomic mass is 79.9. The lowest BCUT2D eigenvalue weighted by Gasteiger charge is -2.38. The number of hydrogen-bond acceptors (Lipinski definition) is 5. The van der Waals surface area contributed by atoms with E-state index in [1.165, 1.54) is 19.9 Å². The molecule has 0 radical (unpaired) electrons. The van der Waals surface area contributed by atoms with Crippen molar-refractivity contribution in [2.45, 2.75) is 23.6 Å². The number of halogens is 1. The summed E-state index contributed by atoms with van der Waals surface area (Å²) in [6, 6.07) is 3.05. The highest BCUT2D eigenvalue weighted by Gasteiger charge is 2.47. The highest BCUT2D eigenvalue weighted by molar-refractivity contribution is 9.11. The van der Waals surface area contributed by atoms with Gasteiger partial charge in [0.05, 0.1) is 10.3 Å². The quantitative estimate of drug-likeness (QED) is 0.789. The summed E-state index contributed by atoms with van der Waals surface area (Å²) in [6.07, 6.45) is 0. The average molecular weight is 367 g/mol. The summed E-state index contributed by atoms with van der Waals surface area (Å²) in [4.78, 5) is 23.2. The van der Waals surface area contributed by atoms with Crippen molar-refractivity contribution in [1.82, 2.24) is 9.62 Å². The number of nitrogens with zero attached hydrogens (tertiary/aromatic N) is 1. The predicted octanol–water partition coefficient (Wildman–Crippen LogP) is 0.936. The van der Waals surface area contributed by atoms with Gasteiger partial charge in [0.25, 0.3) is 10.0 Å². The molecule has 6 nitrogen and oxygen atoms in total. The molecule has 0 aliphatic carbocycles. The summed E-state index contributed by atoms with van der Waals surface area (Å²) in [7, 11) is -3.87. The number of amides is 2. The van der Waals surface area contributed by atoms with Gasteiger partial charge in [-0.15, -0.1) is 11.3 Å². The largest absolute Gasteiger partial charge is 0.294 e. The van der Waals surface area contributed by atoms with Gasteiger partial charge in [0.2, 0.25) is 11.8 Å². The summed E-state index contributed by atoms with van der Waals surface area (Å²) >= 11 is 4.23. The Labute approximate surface area is 123 Å². The zero-order chi connectivity index (χ0) is 14.4. The van der Waals surface area contributed by atoms with Gasteiger partial charge >= 0.3 is 0 Å². The van der Waals surface area contributed by atoms with Crippen LogP contribution in [0.2, 0.25) is 0 Å². The number of hydrogen-bond donors (Lipinski definition) is 1. The van der Waals surface area contributed by atoms with Gasteiger partial charge in [0.1, 0.15) is 9.75 Å². The molecule has 1 N–H and O–H groups in total. The van der Waals surface area contributed by atoms with Crippen molar-refractivity contribution in [1.29, 1.82) is 0 Å². The second-order valence-corrected chi connectivity index (χ2v) is 9.06. The van der Waals surface area contributed by atoms with Crippen LogP contribution in [0.3, 0.4) is 0 Å². The van der Waals surface area contributed by atoms with E-state index in [2.05, 4.69) is 21.2 Å². The zero-order valence-corrected chi connectivity index (χ0v) is 13.4. The molecule has 19 heavy (non-hydrogen) atoms. The predicted molar refractivity (Wildman–Crippen MR) is 73.1 cm³/mol. The molecule has 1 aromatic heterocycles. The Morgan fingerprint density at radius 2 is 2.00 bits per heavy atom. The maximum Gasteiger partial charge on any atom is 0.254 e. The lowest BCUT2D eigenvalue weighted by molar-refractivity contribution is -0.141. The van der Waals surface area contributed by atoms with Crippen LogP contribution in [0.4, 0.5) is 0 Å². The highest BCUT2D eigenvalue weighted by Crippen LogP contribution is 2.32. The summed E-state index contributed by atoms with van der Waals surface area (Å²) in [5.74, 6) is -1.24. The van der Waals surface area contributed by atoms with Crippen molar-refractivity contribution in [2.75, 3.05) is 6.54 Å². The van der Waals surface area contributed by atoms with Gasteiger partial charge in [-0.1, -0.05) is 0 Å². The van der Waals surface area contributed by atoms with Crippen LogP contribution in [-0.2, 0) is 19.6 Å². The molecule has 2 rings (SSSR count). The number of sulfonamides is 1. The second kappa shape index (κ2) is 4.65. The van der Waals surface area contributed by atoms with Gasteiger partial charge in [0.15, 0.2) is 0 Å². The van der Waals surface area contributed by atoms with Crippen molar-refractivity contribution in [3.8, 4) is 0 Å². The molecule has 9 heteroatoms. The number of rotatable bonds is 2. The smallest absolute Gasteiger partial charge is 0.254 e. The Balaban J connectivity index is 2.49. The normalized spacial score (nSPS) is 20.4. The van der Waals surface area contributed by atoms with Crippen LogP contribution >= 0.6 is 27.3 Å². The molecule has 2 amide bonds. The van der Waals surface area contributed by atoms with Gasteiger partial charge < -0.3 is 0 Å². The fourth-order valence-electron chi connectivity index (χ4n) is 1.69. The third-order valence-electron chi connectivity index (χ3n) is 2.81. The van der Waals surface area contributed by atoms with E-state index in [1.54, 1.807) is 6.07 Å². The molecule has 1 fully saturated rings. The van der Waals surface area contributed by atoms with Crippen molar-refractivity contribution in [3.05, 3.63) is 15.9 Å². The van der Waals surface area contributed by atoms with Crippen LogP contribution in [0.5, 0.6) is 0 Å². The third-order valence-corrected chi connectivity index (χ3v) is 6.92. The maximum absolute atomic E-state index is 12.5. The number of nitrogens with one attached hydrogen (secondary N) is 1. The molecular formula is C10H11BrN2O4S2. The minimum absolute atomic E-state index is 0.0925. The Morgan fingerprint density at radius 1 is 1.37 bits per heavy atom. The van der Waals surface area contributed by atoms with E-state index in [1.807, 2.05) is 0 Å². The van der Waals surface area contributed by atoms with Gasteiger partial charge in [-0.25, -0.2) is 8.42 Å². The van der Waals surface area contributed by atoms with Gasteiger partial charge in [-0.2, -0.15) is 4.31 Å². The Morgan fingerprint density at radius 3 is 2.53 bits per heavy atom. The summed E-state index contributed by atoms with van der Waals surface area (Å²) < 4.78 is 26.7. The van der Waals surface area contributed by atoms with Crippen molar-refractivity contribution < 1.29 is 18.0 Å². The third kappa shape index (κ3) is 2.47. The van der Waals surface area contributed by atoms with E-state index in [0.717, 1.165) is 15.6 Å². The van der Waals surface area contributed by atoms with E-state index in [-0.39, 0.29) is 10.8 Å². The van der Waals surface area contributed by atoms with E-state index in [9.17, 15) is 18.0 Å². The molecule has 1 aliphatic rings. The van der Waals surface area contributed by atoms with Crippen LogP contribution < -0.4 is 5.32 Å². The standard InChI is InChI=1S/C10H11BrN2O4S2/c1-10(2)9(15)12-7(14)5-13(10)19(16,17)8-4-3-6(11)18-8/h3-4H,5H2,1-2H3,(H,12,14,15). The zero-order valence-electron chi connectivity index (χ0n) is 10.1. The van der Waals surface area contributed by atoms with Crippen LogP contribution in [0.25, 0.3) is 0 Å². The number of thiophene rings is 1. The number of imide groups is 1. The topological polar surface area (TPSA) is 83.6 Å². The van der Waals surface area contributed by atoms with E-state index < -0.39 is 27.4 Å². The van der Waals surface area contributed by atoms with Gasteiger partial charge in [-0.05, 0) is 41.9 Å².